The lowest BCUT2D eigenvalue weighted by Gasteiger charge is -2.27. The fraction of sp³-hybridized carbons (Fsp3) is 0.368. The van der Waals surface area contributed by atoms with Gasteiger partial charge in [-0.1, -0.05) is 30.3 Å². The lowest BCUT2D eigenvalue weighted by Crippen LogP contribution is -2.34. The van der Waals surface area contributed by atoms with E-state index in [9.17, 15) is 0 Å². The Kier molecular flexibility index (Phi) is 4.38. The molecule has 4 rings (SSSR count). The third-order valence-electron chi connectivity index (χ3n) is 4.61. The van der Waals surface area contributed by atoms with E-state index >= 15 is 0 Å². The van der Waals surface area contributed by atoms with Crippen LogP contribution in [0.2, 0.25) is 0 Å². The van der Waals surface area contributed by atoms with E-state index in [1.807, 2.05) is 30.6 Å². The molecule has 0 unspecified atom stereocenters. The average Bonchev–Trinajstić information content (AvgIpc) is 3.23. The molecule has 0 saturated heterocycles. The zero-order chi connectivity index (χ0) is 17.2. The summed E-state index contributed by atoms with van der Waals surface area (Å²) >= 11 is 0. The quantitative estimate of drug-likeness (QED) is 0.777. The zero-order valence-electron chi connectivity index (χ0n) is 14.8. The fourth-order valence-corrected chi connectivity index (χ4v) is 3.38. The molecule has 2 aromatic heterocycles. The summed E-state index contributed by atoms with van der Waals surface area (Å²) in [6.07, 6.45) is 3.94. The minimum atomic E-state index is 0.833. The average molecular weight is 336 g/mol. The minimum Gasteiger partial charge on any atom is -0.341 e. The van der Waals surface area contributed by atoms with Crippen LogP contribution in [0.5, 0.6) is 0 Å². The number of hydrogen-bond acceptors (Lipinski definition) is 4. The number of aromatic nitrogens is 4. The molecule has 6 heteroatoms. The summed E-state index contributed by atoms with van der Waals surface area (Å²) in [4.78, 5) is 12.7. The van der Waals surface area contributed by atoms with Crippen LogP contribution in [0.3, 0.4) is 0 Å². The zero-order valence-corrected chi connectivity index (χ0v) is 14.8. The number of H-pyrrole nitrogens is 1. The van der Waals surface area contributed by atoms with Crippen LogP contribution in [0.15, 0.2) is 42.7 Å². The lowest BCUT2D eigenvalue weighted by molar-refractivity contribution is 0.199. The molecule has 0 bridgehead atoms. The molecular formula is C19H24N6. The first-order valence-corrected chi connectivity index (χ1v) is 8.69. The van der Waals surface area contributed by atoms with Gasteiger partial charge in [-0.3, -0.25) is 9.58 Å². The highest BCUT2D eigenvalue weighted by atomic mass is 15.3. The highest BCUT2D eigenvalue weighted by Gasteiger charge is 2.21. The van der Waals surface area contributed by atoms with Gasteiger partial charge in [0.2, 0.25) is 0 Å². The van der Waals surface area contributed by atoms with Crippen molar-refractivity contribution in [1.82, 2.24) is 29.5 Å². The van der Waals surface area contributed by atoms with Crippen molar-refractivity contribution in [1.29, 1.82) is 0 Å². The Morgan fingerprint density at radius 3 is 2.76 bits per heavy atom. The van der Waals surface area contributed by atoms with Gasteiger partial charge in [0.1, 0.15) is 5.82 Å². The molecule has 0 atom stereocenters. The van der Waals surface area contributed by atoms with E-state index in [0.717, 1.165) is 44.2 Å². The first-order chi connectivity index (χ1) is 12.2. The number of imidazole rings is 1. The van der Waals surface area contributed by atoms with E-state index in [-0.39, 0.29) is 0 Å². The van der Waals surface area contributed by atoms with E-state index < -0.39 is 0 Å². The van der Waals surface area contributed by atoms with Crippen molar-refractivity contribution < 1.29 is 0 Å². The van der Waals surface area contributed by atoms with Gasteiger partial charge in [-0.25, -0.2) is 4.98 Å². The van der Waals surface area contributed by atoms with E-state index in [4.69, 9.17) is 0 Å². The van der Waals surface area contributed by atoms with Gasteiger partial charge < -0.3 is 9.88 Å². The highest BCUT2D eigenvalue weighted by Crippen LogP contribution is 2.20. The predicted molar refractivity (Wildman–Crippen MR) is 97.8 cm³/mol. The second-order valence-corrected chi connectivity index (χ2v) is 6.90. The molecule has 3 aromatic rings. The summed E-state index contributed by atoms with van der Waals surface area (Å²) in [7, 11) is 4.19. The second kappa shape index (κ2) is 6.82. The maximum Gasteiger partial charge on any atom is 0.120 e. The Morgan fingerprint density at radius 2 is 1.96 bits per heavy atom. The largest absolute Gasteiger partial charge is 0.341 e. The molecule has 0 aliphatic carbocycles. The number of fused-ring (bicyclic) bond motifs is 1. The topological polar surface area (TPSA) is 53.0 Å². The van der Waals surface area contributed by atoms with Gasteiger partial charge in [0, 0.05) is 25.2 Å². The number of hydrogen-bond donors (Lipinski definition) is 1. The molecule has 0 spiro atoms. The van der Waals surface area contributed by atoms with Crippen molar-refractivity contribution in [2.24, 2.45) is 0 Å². The van der Waals surface area contributed by atoms with Gasteiger partial charge in [0.05, 0.1) is 36.9 Å². The number of nitrogens with zero attached hydrogens (tertiary/aromatic N) is 5. The van der Waals surface area contributed by atoms with Crippen LogP contribution in [-0.2, 0) is 26.2 Å². The maximum atomic E-state index is 4.57. The summed E-state index contributed by atoms with van der Waals surface area (Å²) in [5.41, 5.74) is 4.89. The van der Waals surface area contributed by atoms with Crippen molar-refractivity contribution in [2.45, 2.75) is 26.2 Å². The number of aromatic amines is 1. The molecule has 0 fully saturated rings. The Bertz CT molecular complexity index is 833. The van der Waals surface area contributed by atoms with Crippen molar-refractivity contribution in [3.8, 4) is 11.3 Å². The van der Waals surface area contributed by atoms with Crippen LogP contribution in [-0.4, -0.2) is 50.2 Å². The summed E-state index contributed by atoms with van der Waals surface area (Å²) in [6, 6.07) is 10.3. The molecule has 1 N–H and O–H groups in total. The molecule has 0 radical (unpaired) electrons. The molecule has 6 nitrogen and oxygen atoms in total. The molecule has 25 heavy (non-hydrogen) atoms. The smallest absolute Gasteiger partial charge is 0.120 e. The summed E-state index contributed by atoms with van der Waals surface area (Å²) in [6.45, 7) is 4.62. The normalized spacial score (nSPS) is 14.8. The van der Waals surface area contributed by atoms with Crippen molar-refractivity contribution in [3.63, 3.8) is 0 Å². The summed E-state index contributed by atoms with van der Waals surface area (Å²) < 4.78 is 2.15. The molecule has 3 heterocycles. The van der Waals surface area contributed by atoms with E-state index in [1.165, 1.54) is 16.8 Å². The molecule has 0 amide bonds. The Balaban J connectivity index is 1.46. The van der Waals surface area contributed by atoms with Crippen LogP contribution in [0.1, 0.15) is 17.1 Å². The highest BCUT2D eigenvalue weighted by molar-refractivity contribution is 5.57. The third kappa shape index (κ3) is 3.50. The standard InChI is InChI=1S/C19H24N6/c1-23(2)12-16-10-21-25-9-8-24(13-18(16)25)14-19-20-11-17(22-19)15-6-4-3-5-7-15/h3-7,10-11H,8-9,12-14H2,1-2H3,(H,20,22). The number of nitrogens with one attached hydrogen (secondary N) is 1. The molecule has 1 aromatic carbocycles. The molecule has 1 aliphatic rings. The molecule has 130 valence electrons. The van der Waals surface area contributed by atoms with Crippen molar-refractivity contribution in [2.75, 3.05) is 20.6 Å². The van der Waals surface area contributed by atoms with Crippen LogP contribution >= 0.6 is 0 Å². The van der Waals surface area contributed by atoms with Gasteiger partial charge in [0.15, 0.2) is 0 Å². The predicted octanol–water partition coefficient (Wildman–Crippen LogP) is 2.35. The molecule has 0 saturated carbocycles. The van der Waals surface area contributed by atoms with E-state index in [2.05, 4.69) is 55.8 Å². The number of rotatable bonds is 5. The lowest BCUT2D eigenvalue weighted by atomic mass is 10.2. The minimum absolute atomic E-state index is 0.833. The van der Waals surface area contributed by atoms with E-state index in [0.29, 0.717) is 0 Å². The van der Waals surface area contributed by atoms with Crippen molar-refractivity contribution >= 4 is 0 Å². The second-order valence-electron chi connectivity index (χ2n) is 6.90. The Labute approximate surface area is 148 Å². The van der Waals surface area contributed by atoms with Crippen LogP contribution < -0.4 is 0 Å². The fourth-order valence-electron chi connectivity index (χ4n) is 3.38. The number of benzene rings is 1. The Morgan fingerprint density at radius 1 is 1.12 bits per heavy atom. The van der Waals surface area contributed by atoms with E-state index in [1.54, 1.807) is 0 Å². The SMILES string of the molecule is CN(C)Cc1cnn2c1CN(Cc1ncc(-c3ccccc3)[nH]1)CC2. The van der Waals surface area contributed by atoms with Crippen LogP contribution in [0, 0.1) is 0 Å². The van der Waals surface area contributed by atoms with Crippen LogP contribution in [0.4, 0.5) is 0 Å². The van der Waals surface area contributed by atoms with Gasteiger partial charge >= 0.3 is 0 Å². The van der Waals surface area contributed by atoms with Gasteiger partial charge in [-0.05, 0) is 19.7 Å². The monoisotopic (exact) mass is 336 g/mol. The summed E-state index contributed by atoms with van der Waals surface area (Å²) in [5, 5.41) is 4.53. The van der Waals surface area contributed by atoms with Crippen molar-refractivity contribution in [3.05, 3.63) is 59.8 Å². The molecular weight excluding hydrogens is 312 g/mol. The Hall–Kier alpha value is -2.44. The van der Waals surface area contributed by atoms with Crippen LogP contribution in [0.25, 0.3) is 11.3 Å². The first-order valence-electron chi connectivity index (χ1n) is 8.69. The first kappa shape index (κ1) is 16.1. The molecule has 1 aliphatic heterocycles. The van der Waals surface area contributed by atoms with Gasteiger partial charge in [0.25, 0.3) is 0 Å². The van der Waals surface area contributed by atoms with Gasteiger partial charge in [-0.15, -0.1) is 0 Å². The summed E-state index contributed by atoms with van der Waals surface area (Å²) in [5.74, 6) is 1.01. The maximum absolute atomic E-state index is 4.57. The third-order valence-corrected chi connectivity index (χ3v) is 4.61. The van der Waals surface area contributed by atoms with Gasteiger partial charge in [-0.2, -0.15) is 5.10 Å².